The highest BCUT2D eigenvalue weighted by molar-refractivity contribution is 6.01. The highest BCUT2D eigenvalue weighted by Gasteiger charge is 2.41. The van der Waals surface area contributed by atoms with Crippen molar-refractivity contribution in [2.45, 2.75) is 38.5 Å². The first-order valence-corrected chi connectivity index (χ1v) is 10.4. The van der Waals surface area contributed by atoms with Gasteiger partial charge in [-0.3, -0.25) is 4.79 Å². The molecule has 0 saturated carbocycles. The van der Waals surface area contributed by atoms with Crippen molar-refractivity contribution >= 4 is 11.7 Å². The summed E-state index contributed by atoms with van der Waals surface area (Å²) >= 11 is 0. The number of aromatic nitrogens is 1. The van der Waals surface area contributed by atoms with Crippen LogP contribution in [0.15, 0.2) is 70.4 Å². The molecule has 3 aromatic rings. The highest BCUT2D eigenvalue weighted by atomic mass is 16.5. The number of nitrogens with one attached hydrogen (secondary N) is 1. The number of ketones is 1. The van der Waals surface area contributed by atoms with Gasteiger partial charge in [0.2, 0.25) is 5.88 Å². The fourth-order valence-corrected chi connectivity index (χ4v) is 4.69. The van der Waals surface area contributed by atoms with Crippen molar-refractivity contribution in [1.29, 1.82) is 0 Å². The van der Waals surface area contributed by atoms with E-state index in [2.05, 4.69) is 22.6 Å². The Kier molecular flexibility index (Phi) is 4.66. The lowest BCUT2D eigenvalue weighted by molar-refractivity contribution is -0.116. The number of nitrogens with zero attached hydrogens (tertiary/aromatic N) is 1. The molecule has 2 heterocycles. The van der Waals surface area contributed by atoms with Gasteiger partial charge in [0, 0.05) is 23.6 Å². The highest BCUT2D eigenvalue weighted by Crippen LogP contribution is 2.49. The zero-order valence-electron chi connectivity index (χ0n) is 17.1. The molecule has 1 aliphatic carbocycles. The molecule has 2 unspecified atom stereocenters. The molecule has 5 nitrogen and oxygen atoms in total. The predicted molar refractivity (Wildman–Crippen MR) is 115 cm³/mol. The van der Waals surface area contributed by atoms with Gasteiger partial charge in [0.1, 0.15) is 5.75 Å². The Labute approximate surface area is 175 Å². The van der Waals surface area contributed by atoms with E-state index in [0.717, 1.165) is 40.3 Å². The van der Waals surface area contributed by atoms with Gasteiger partial charge in [-0.2, -0.15) is 0 Å². The molecule has 1 aromatic heterocycles. The first kappa shape index (κ1) is 18.7. The van der Waals surface area contributed by atoms with Crippen LogP contribution < -0.4 is 10.1 Å². The third kappa shape index (κ3) is 3.11. The zero-order chi connectivity index (χ0) is 20.7. The van der Waals surface area contributed by atoms with Gasteiger partial charge in [-0.1, -0.05) is 47.6 Å². The Morgan fingerprint density at radius 1 is 1.07 bits per heavy atom. The van der Waals surface area contributed by atoms with E-state index in [1.165, 1.54) is 5.56 Å². The molecule has 0 amide bonds. The van der Waals surface area contributed by atoms with E-state index in [4.69, 9.17) is 9.26 Å². The van der Waals surface area contributed by atoms with Crippen molar-refractivity contribution in [3.05, 3.63) is 88.3 Å². The minimum atomic E-state index is -0.178. The second kappa shape index (κ2) is 7.48. The Morgan fingerprint density at radius 3 is 2.57 bits per heavy atom. The number of benzene rings is 2. The number of allylic oxidation sites excluding steroid dienone is 2. The molecule has 0 radical (unpaired) electrons. The van der Waals surface area contributed by atoms with Crippen LogP contribution in [-0.4, -0.2) is 17.5 Å². The summed E-state index contributed by atoms with van der Waals surface area (Å²) < 4.78 is 11.2. The minimum absolute atomic E-state index is 0.163. The van der Waals surface area contributed by atoms with Gasteiger partial charge < -0.3 is 14.6 Å². The maximum absolute atomic E-state index is 13.4. The average molecular weight is 400 g/mol. The molecule has 1 aliphatic heterocycles. The number of hydrogen-bond acceptors (Lipinski definition) is 5. The first-order chi connectivity index (χ1) is 14.7. The number of carbonyl (C=O) groups excluding carboxylic acids is 1. The van der Waals surface area contributed by atoms with Crippen LogP contribution in [0.5, 0.6) is 5.75 Å². The molecule has 30 heavy (non-hydrogen) atoms. The lowest BCUT2D eigenvalue weighted by Crippen LogP contribution is -2.29. The molecule has 2 atom stereocenters. The Bertz CT molecular complexity index is 1110. The number of ether oxygens (including phenoxy) is 1. The van der Waals surface area contributed by atoms with Crippen LogP contribution >= 0.6 is 0 Å². The summed E-state index contributed by atoms with van der Waals surface area (Å²) in [4.78, 5) is 13.4. The van der Waals surface area contributed by atoms with Crippen molar-refractivity contribution in [2.75, 3.05) is 11.9 Å². The number of Topliss-reactive ketones (excluding diaryl/α,β-unsaturated/α-hetero) is 1. The second-order valence-electron chi connectivity index (χ2n) is 7.90. The van der Waals surface area contributed by atoms with Crippen LogP contribution in [0.3, 0.4) is 0 Å². The fourth-order valence-electron chi connectivity index (χ4n) is 4.69. The van der Waals surface area contributed by atoms with E-state index in [0.29, 0.717) is 18.9 Å². The number of aryl methyl sites for hydroxylation is 1. The Morgan fingerprint density at radius 2 is 1.83 bits per heavy atom. The van der Waals surface area contributed by atoms with Gasteiger partial charge in [0.15, 0.2) is 5.78 Å². The number of carbonyl (C=O) groups is 1. The topological polar surface area (TPSA) is 64.4 Å². The van der Waals surface area contributed by atoms with Crippen LogP contribution in [-0.2, 0) is 4.79 Å². The van der Waals surface area contributed by atoms with E-state index in [1.807, 2.05) is 56.3 Å². The fraction of sp³-hybridized carbons (Fsp3) is 0.280. The maximum Gasteiger partial charge on any atom is 0.233 e. The quantitative estimate of drug-likeness (QED) is 0.640. The summed E-state index contributed by atoms with van der Waals surface area (Å²) in [6.07, 6.45) is 1.29. The van der Waals surface area contributed by atoms with Gasteiger partial charge in [0.05, 0.1) is 17.9 Å². The number of rotatable bonds is 4. The first-order valence-electron chi connectivity index (χ1n) is 10.4. The summed E-state index contributed by atoms with van der Waals surface area (Å²) in [5, 5.41) is 7.57. The molecule has 5 heteroatoms. The van der Waals surface area contributed by atoms with Crippen LogP contribution in [0, 0.1) is 6.92 Å². The molecule has 1 N–H and O–H groups in total. The van der Waals surface area contributed by atoms with E-state index in [-0.39, 0.29) is 17.6 Å². The normalized spacial score (nSPS) is 20.4. The molecular weight excluding hydrogens is 376 g/mol. The third-order valence-corrected chi connectivity index (χ3v) is 6.05. The molecule has 0 bridgehead atoms. The van der Waals surface area contributed by atoms with Gasteiger partial charge in [-0.05, 0) is 49.4 Å². The van der Waals surface area contributed by atoms with Crippen LogP contribution in [0.1, 0.15) is 54.0 Å². The molecule has 5 rings (SSSR count). The van der Waals surface area contributed by atoms with Gasteiger partial charge in [-0.25, -0.2) is 0 Å². The minimum Gasteiger partial charge on any atom is -0.494 e. The van der Waals surface area contributed by atoms with E-state index in [9.17, 15) is 4.79 Å². The number of hydrogen-bond donors (Lipinski definition) is 1. The Hall–Kier alpha value is -3.34. The Balaban J connectivity index is 1.58. The van der Waals surface area contributed by atoms with E-state index < -0.39 is 0 Å². The standard InChI is InChI=1S/C25H24N2O3/c1-3-29-19-11-9-17(10-12-19)23-22-15(2)27-30-25(22)26-20-13-18(14-21(28)24(20)23)16-7-5-4-6-8-16/h4-12,18,23,26H,3,13-14H2,1-2H3. The largest absolute Gasteiger partial charge is 0.494 e. The van der Waals surface area contributed by atoms with Crippen LogP contribution in [0.25, 0.3) is 0 Å². The van der Waals surface area contributed by atoms with Gasteiger partial charge in [-0.15, -0.1) is 0 Å². The van der Waals surface area contributed by atoms with Gasteiger partial charge in [0.25, 0.3) is 0 Å². The van der Waals surface area contributed by atoms with Gasteiger partial charge >= 0.3 is 0 Å². The van der Waals surface area contributed by atoms with Crippen molar-refractivity contribution in [3.63, 3.8) is 0 Å². The van der Waals surface area contributed by atoms with E-state index >= 15 is 0 Å². The van der Waals surface area contributed by atoms with Crippen LogP contribution in [0.4, 0.5) is 5.88 Å². The lowest BCUT2D eigenvalue weighted by atomic mass is 9.72. The summed E-state index contributed by atoms with van der Waals surface area (Å²) in [6.45, 7) is 4.52. The maximum atomic E-state index is 13.4. The predicted octanol–water partition coefficient (Wildman–Crippen LogP) is 5.34. The van der Waals surface area contributed by atoms with Crippen molar-refractivity contribution in [3.8, 4) is 5.75 Å². The number of anilines is 1. The zero-order valence-corrected chi connectivity index (χ0v) is 17.1. The summed E-state index contributed by atoms with van der Waals surface area (Å²) in [6, 6.07) is 18.3. The molecule has 2 aromatic carbocycles. The second-order valence-corrected chi connectivity index (χ2v) is 7.90. The van der Waals surface area contributed by atoms with Crippen molar-refractivity contribution in [2.24, 2.45) is 0 Å². The number of fused-ring (bicyclic) bond motifs is 1. The molecule has 152 valence electrons. The van der Waals surface area contributed by atoms with E-state index in [1.54, 1.807) is 0 Å². The third-order valence-electron chi connectivity index (χ3n) is 6.05. The molecule has 2 aliphatic rings. The van der Waals surface area contributed by atoms with Crippen LogP contribution in [0.2, 0.25) is 0 Å². The average Bonchev–Trinajstić information content (AvgIpc) is 3.14. The van der Waals surface area contributed by atoms with Crippen molar-refractivity contribution < 1.29 is 14.1 Å². The molecule has 0 fully saturated rings. The summed E-state index contributed by atoms with van der Waals surface area (Å²) in [5.41, 5.74) is 5.78. The monoisotopic (exact) mass is 400 g/mol. The molecule has 0 saturated heterocycles. The molecule has 0 spiro atoms. The lowest BCUT2D eigenvalue weighted by Gasteiger charge is -2.34. The molecular formula is C25H24N2O3. The summed E-state index contributed by atoms with van der Waals surface area (Å²) in [5.74, 6) is 1.64. The summed E-state index contributed by atoms with van der Waals surface area (Å²) in [7, 11) is 0. The smallest absolute Gasteiger partial charge is 0.233 e. The van der Waals surface area contributed by atoms with Crippen molar-refractivity contribution in [1.82, 2.24) is 5.16 Å². The SMILES string of the molecule is CCOc1ccc(C2C3=C(CC(c4ccccc4)CC3=O)Nc3onc(C)c32)cc1.